The third-order valence-corrected chi connectivity index (χ3v) is 2.56. The van der Waals surface area contributed by atoms with Gasteiger partial charge in [-0.15, -0.1) is 0 Å². The van der Waals surface area contributed by atoms with E-state index in [1.54, 1.807) is 6.08 Å². The SMILES string of the molecule is C=CCOc1ccc(CNc2ccccc2)cc1. The summed E-state index contributed by atoms with van der Waals surface area (Å²) in [4.78, 5) is 0. The van der Waals surface area contributed by atoms with Crippen LogP contribution in [-0.4, -0.2) is 6.61 Å². The first-order valence-electron chi connectivity index (χ1n) is 6.00. The van der Waals surface area contributed by atoms with E-state index in [1.807, 2.05) is 30.3 Å². The van der Waals surface area contributed by atoms with Crippen LogP contribution in [0.4, 0.5) is 5.69 Å². The van der Waals surface area contributed by atoms with Crippen molar-refractivity contribution < 1.29 is 4.74 Å². The monoisotopic (exact) mass is 239 g/mol. The van der Waals surface area contributed by atoms with E-state index in [0.29, 0.717) is 6.61 Å². The Morgan fingerprint density at radius 2 is 1.72 bits per heavy atom. The third kappa shape index (κ3) is 3.67. The van der Waals surface area contributed by atoms with E-state index in [1.165, 1.54) is 5.56 Å². The molecule has 0 aliphatic carbocycles. The van der Waals surface area contributed by atoms with Crippen LogP contribution in [0.3, 0.4) is 0 Å². The molecule has 92 valence electrons. The van der Waals surface area contributed by atoms with Gasteiger partial charge in [-0.25, -0.2) is 0 Å². The zero-order valence-electron chi connectivity index (χ0n) is 10.3. The summed E-state index contributed by atoms with van der Waals surface area (Å²) in [5.74, 6) is 0.873. The van der Waals surface area contributed by atoms with Crippen LogP contribution >= 0.6 is 0 Å². The molecule has 0 bridgehead atoms. The molecular formula is C16H17NO. The van der Waals surface area contributed by atoms with Gasteiger partial charge in [0.05, 0.1) is 0 Å². The fourth-order valence-electron chi connectivity index (χ4n) is 1.62. The van der Waals surface area contributed by atoms with Gasteiger partial charge in [0, 0.05) is 12.2 Å². The van der Waals surface area contributed by atoms with Crippen molar-refractivity contribution in [1.29, 1.82) is 0 Å². The highest BCUT2D eigenvalue weighted by molar-refractivity contribution is 5.43. The first-order valence-corrected chi connectivity index (χ1v) is 6.00. The minimum atomic E-state index is 0.543. The molecule has 0 unspecified atom stereocenters. The second-order valence-corrected chi connectivity index (χ2v) is 3.96. The molecule has 18 heavy (non-hydrogen) atoms. The Balaban J connectivity index is 1.88. The summed E-state index contributed by atoms with van der Waals surface area (Å²) in [7, 11) is 0. The summed E-state index contributed by atoms with van der Waals surface area (Å²) < 4.78 is 5.43. The number of para-hydroxylation sites is 1. The number of anilines is 1. The standard InChI is InChI=1S/C16H17NO/c1-2-12-18-16-10-8-14(9-11-16)13-17-15-6-4-3-5-7-15/h2-11,17H,1,12-13H2. The van der Waals surface area contributed by atoms with Gasteiger partial charge in [-0.05, 0) is 29.8 Å². The Bertz CT molecular complexity index is 476. The van der Waals surface area contributed by atoms with Crippen LogP contribution in [0, 0.1) is 0 Å². The van der Waals surface area contributed by atoms with Crippen LogP contribution in [-0.2, 0) is 6.54 Å². The van der Waals surface area contributed by atoms with Crippen LogP contribution in [0.5, 0.6) is 5.75 Å². The molecule has 0 spiro atoms. The largest absolute Gasteiger partial charge is 0.490 e. The Kier molecular flexibility index (Phi) is 4.42. The van der Waals surface area contributed by atoms with Crippen LogP contribution in [0.15, 0.2) is 67.3 Å². The molecule has 0 saturated heterocycles. The number of rotatable bonds is 6. The molecule has 0 radical (unpaired) electrons. The molecule has 0 saturated carbocycles. The zero-order valence-corrected chi connectivity index (χ0v) is 10.3. The van der Waals surface area contributed by atoms with Crippen molar-refractivity contribution in [1.82, 2.24) is 0 Å². The number of nitrogens with one attached hydrogen (secondary N) is 1. The zero-order chi connectivity index (χ0) is 12.6. The summed E-state index contributed by atoms with van der Waals surface area (Å²) in [5.41, 5.74) is 2.36. The van der Waals surface area contributed by atoms with Gasteiger partial charge in [0.15, 0.2) is 0 Å². The first kappa shape index (κ1) is 12.2. The molecule has 2 rings (SSSR count). The van der Waals surface area contributed by atoms with Gasteiger partial charge in [-0.2, -0.15) is 0 Å². The minimum absolute atomic E-state index is 0.543. The number of benzene rings is 2. The van der Waals surface area contributed by atoms with Crippen molar-refractivity contribution in [2.45, 2.75) is 6.54 Å². The Morgan fingerprint density at radius 1 is 1.00 bits per heavy atom. The molecule has 0 fully saturated rings. The smallest absolute Gasteiger partial charge is 0.119 e. The maximum Gasteiger partial charge on any atom is 0.119 e. The van der Waals surface area contributed by atoms with Crippen molar-refractivity contribution in [3.05, 3.63) is 72.8 Å². The van der Waals surface area contributed by atoms with Gasteiger partial charge in [0.2, 0.25) is 0 Å². The molecule has 2 aromatic carbocycles. The van der Waals surface area contributed by atoms with Gasteiger partial charge >= 0.3 is 0 Å². The normalized spacial score (nSPS) is 9.78. The van der Waals surface area contributed by atoms with Crippen LogP contribution < -0.4 is 10.1 Å². The number of hydrogen-bond donors (Lipinski definition) is 1. The van der Waals surface area contributed by atoms with E-state index in [9.17, 15) is 0 Å². The van der Waals surface area contributed by atoms with Crippen LogP contribution in [0.2, 0.25) is 0 Å². The molecule has 2 aromatic rings. The molecule has 1 N–H and O–H groups in total. The van der Waals surface area contributed by atoms with Gasteiger partial charge in [-0.1, -0.05) is 43.0 Å². The van der Waals surface area contributed by atoms with Gasteiger partial charge in [0.25, 0.3) is 0 Å². The topological polar surface area (TPSA) is 21.3 Å². The predicted octanol–water partition coefficient (Wildman–Crippen LogP) is 3.86. The van der Waals surface area contributed by atoms with E-state index in [-0.39, 0.29) is 0 Å². The van der Waals surface area contributed by atoms with Crippen molar-refractivity contribution in [2.24, 2.45) is 0 Å². The summed E-state index contributed by atoms with van der Waals surface area (Å²) >= 11 is 0. The van der Waals surface area contributed by atoms with Gasteiger partial charge in [0.1, 0.15) is 12.4 Å². The summed E-state index contributed by atoms with van der Waals surface area (Å²) in [6.45, 7) is 4.98. The van der Waals surface area contributed by atoms with Crippen molar-refractivity contribution in [2.75, 3.05) is 11.9 Å². The maximum absolute atomic E-state index is 5.43. The fraction of sp³-hybridized carbons (Fsp3) is 0.125. The Labute approximate surface area is 108 Å². The first-order chi connectivity index (χ1) is 8.88. The fourth-order valence-corrected chi connectivity index (χ4v) is 1.62. The molecule has 0 amide bonds. The van der Waals surface area contributed by atoms with E-state index in [4.69, 9.17) is 4.74 Å². The second-order valence-electron chi connectivity index (χ2n) is 3.96. The molecule has 0 heterocycles. The summed E-state index contributed by atoms with van der Waals surface area (Å²) in [6.07, 6.45) is 1.74. The van der Waals surface area contributed by atoms with Crippen molar-refractivity contribution in [3.63, 3.8) is 0 Å². The van der Waals surface area contributed by atoms with E-state index < -0.39 is 0 Å². The Hall–Kier alpha value is -2.22. The molecule has 0 aliphatic heterocycles. The van der Waals surface area contributed by atoms with Crippen LogP contribution in [0.25, 0.3) is 0 Å². The highest BCUT2D eigenvalue weighted by atomic mass is 16.5. The van der Waals surface area contributed by atoms with Gasteiger partial charge in [-0.3, -0.25) is 0 Å². The minimum Gasteiger partial charge on any atom is -0.490 e. The highest BCUT2D eigenvalue weighted by Crippen LogP contribution is 2.14. The average molecular weight is 239 g/mol. The number of hydrogen-bond acceptors (Lipinski definition) is 2. The number of ether oxygens (including phenoxy) is 1. The molecule has 0 aromatic heterocycles. The van der Waals surface area contributed by atoms with Crippen molar-refractivity contribution in [3.8, 4) is 5.75 Å². The summed E-state index contributed by atoms with van der Waals surface area (Å²) in [6, 6.07) is 18.3. The van der Waals surface area contributed by atoms with Gasteiger partial charge < -0.3 is 10.1 Å². The second kappa shape index (κ2) is 6.50. The molecule has 0 atom stereocenters. The Morgan fingerprint density at radius 3 is 2.39 bits per heavy atom. The lowest BCUT2D eigenvalue weighted by molar-refractivity contribution is 0.363. The van der Waals surface area contributed by atoms with E-state index >= 15 is 0 Å². The molecular weight excluding hydrogens is 222 g/mol. The van der Waals surface area contributed by atoms with Crippen molar-refractivity contribution >= 4 is 5.69 Å². The quantitative estimate of drug-likeness (QED) is 0.773. The van der Waals surface area contributed by atoms with E-state index in [0.717, 1.165) is 18.0 Å². The maximum atomic E-state index is 5.43. The average Bonchev–Trinajstić information content (AvgIpc) is 2.45. The molecule has 2 heteroatoms. The third-order valence-electron chi connectivity index (χ3n) is 2.56. The molecule has 0 aliphatic rings. The van der Waals surface area contributed by atoms with Crippen LogP contribution in [0.1, 0.15) is 5.56 Å². The van der Waals surface area contributed by atoms with E-state index in [2.05, 4.69) is 36.2 Å². The lowest BCUT2D eigenvalue weighted by atomic mass is 10.2. The summed E-state index contributed by atoms with van der Waals surface area (Å²) in [5, 5.41) is 3.37. The molecule has 2 nitrogen and oxygen atoms in total. The lowest BCUT2D eigenvalue weighted by Gasteiger charge is -2.07. The lowest BCUT2D eigenvalue weighted by Crippen LogP contribution is -1.99. The predicted molar refractivity (Wildman–Crippen MR) is 75.9 cm³/mol. The highest BCUT2D eigenvalue weighted by Gasteiger charge is 1.95.